The summed E-state index contributed by atoms with van der Waals surface area (Å²) in [7, 11) is -3.27. The Hall–Kier alpha value is -2.67. The van der Waals surface area contributed by atoms with Gasteiger partial charge >= 0.3 is 0 Å². The van der Waals surface area contributed by atoms with Gasteiger partial charge in [-0.3, -0.25) is 9.20 Å². The Kier molecular flexibility index (Phi) is 4.34. The van der Waals surface area contributed by atoms with E-state index in [-0.39, 0.29) is 10.5 Å². The van der Waals surface area contributed by atoms with Crippen molar-refractivity contribution < 1.29 is 8.42 Å². The van der Waals surface area contributed by atoms with Crippen LogP contribution in [0, 0.1) is 13.8 Å². The molecule has 0 aliphatic carbocycles. The van der Waals surface area contributed by atoms with E-state index in [0.717, 1.165) is 11.1 Å². The van der Waals surface area contributed by atoms with Gasteiger partial charge in [-0.1, -0.05) is 12.1 Å². The second kappa shape index (κ2) is 6.33. The van der Waals surface area contributed by atoms with Gasteiger partial charge in [0.2, 0.25) is 0 Å². The minimum atomic E-state index is -3.27. The average molecular weight is 357 g/mol. The molecule has 7 heteroatoms. The van der Waals surface area contributed by atoms with Gasteiger partial charge in [0, 0.05) is 24.2 Å². The Labute approximate surface area is 146 Å². The van der Waals surface area contributed by atoms with E-state index in [0.29, 0.717) is 23.6 Å². The minimum absolute atomic E-state index is 0.146. The molecule has 130 valence electrons. The molecular formula is C18H19N3O3S. The van der Waals surface area contributed by atoms with Gasteiger partial charge in [0.25, 0.3) is 5.56 Å². The highest BCUT2D eigenvalue weighted by Crippen LogP contribution is 2.20. The van der Waals surface area contributed by atoms with E-state index in [9.17, 15) is 13.2 Å². The molecule has 0 aliphatic heterocycles. The number of aromatic nitrogens is 2. The lowest BCUT2D eigenvalue weighted by Crippen LogP contribution is -2.17. The summed E-state index contributed by atoms with van der Waals surface area (Å²) in [5.74, 6) is 0. The summed E-state index contributed by atoms with van der Waals surface area (Å²) in [6.07, 6.45) is 2.93. The summed E-state index contributed by atoms with van der Waals surface area (Å²) in [6.45, 7) is 4.13. The topological polar surface area (TPSA) is 80.5 Å². The van der Waals surface area contributed by atoms with Crippen molar-refractivity contribution in [1.82, 2.24) is 9.38 Å². The third-order valence-corrected chi connectivity index (χ3v) is 5.07. The van der Waals surface area contributed by atoms with Gasteiger partial charge in [-0.15, -0.1) is 0 Å². The molecule has 6 nitrogen and oxygen atoms in total. The first kappa shape index (κ1) is 17.2. The number of rotatable bonds is 4. The van der Waals surface area contributed by atoms with Gasteiger partial charge in [-0.05, 0) is 43.2 Å². The number of fused-ring (bicyclic) bond motifs is 1. The number of anilines is 1. The van der Waals surface area contributed by atoms with Crippen molar-refractivity contribution in [2.45, 2.75) is 25.3 Å². The van der Waals surface area contributed by atoms with Gasteiger partial charge in [-0.2, -0.15) is 0 Å². The first-order valence-electron chi connectivity index (χ1n) is 7.77. The molecule has 0 saturated heterocycles. The van der Waals surface area contributed by atoms with Crippen LogP contribution in [-0.2, 0) is 16.4 Å². The van der Waals surface area contributed by atoms with Gasteiger partial charge in [0.05, 0.1) is 17.1 Å². The molecule has 0 atom stereocenters. The fraction of sp³-hybridized carbons (Fsp3) is 0.222. The molecule has 0 saturated carbocycles. The zero-order chi connectivity index (χ0) is 18.2. The number of hydrogen-bond acceptors (Lipinski definition) is 5. The fourth-order valence-corrected chi connectivity index (χ4v) is 3.20. The molecule has 0 fully saturated rings. The third-order valence-electron chi connectivity index (χ3n) is 3.96. The van der Waals surface area contributed by atoms with Crippen LogP contribution in [0.25, 0.3) is 5.65 Å². The molecule has 0 radical (unpaired) electrons. The van der Waals surface area contributed by atoms with Gasteiger partial charge in [-0.25, -0.2) is 13.4 Å². The summed E-state index contributed by atoms with van der Waals surface area (Å²) < 4.78 is 24.9. The summed E-state index contributed by atoms with van der Waals surface area (Å²) in [4.78, 5) is 17.0. The van der Waals surface area contributed by atoms with E-state index in [1.54, 1.807) is 30.5 Å². The molecule has 0 aliphatic rings. The van der Waals surface area contributed by atoms with E-state index in [1.807, 2.05) is 19.9 Å². The number of nitrogens with one attached hydrogen (secondary N) is 1. The summed E-state index contributed by atoms with van der Waals surface area (Å²) in [6, 6.07) is 10.1. The average Bonchev–Trinajstić information content (AvgIpc) is 2.54. The lowest BCUT2D eigenvalue weighted by atomic mass is 10.2. The minimum Gasteiger partial charge on any atom is -0.379 e. The Bertz CT molecular complexity index is 1120. The van der Waals surface area contributed by atoms with Gasteiger partial charge in [0.1, 0.15) is 5.65 Å². The number of aryl methyl sites for hydroxylation is 2. The van der Waals surface area contributed by atoms with E-state index in [2.05, 4.69) is 10.3 Å². The molecule has 0 spiro atoms. The summed E-state index contributed by atoms with van der Waals surface area (Å²) in [5, 5.41) is 3.17. The highest BCUT2D eigenvalue weighted by molar-refractivity contribution is 7.90. The second-order valence-electron chi connectivity index (χ2n) is 6.12. The number of sulfone groups is 1. The number of pyridine rings is 1. The zero-order valence-corrected chi connectivity index (χ0v) is 15.1. The van der Waals surface area contributed by atoms with Crippen molar-refractivity contribution >= 4 is 21.2 Å². The van der Waals surface area contributed by atoms with Crippen molar-refractivity contribution in [2.24, 2.45) is 0 Å². The van der Waals surface area contributed by atoms with E-state index < -0.39 is 9.84 Å². The van der Waals surface area contributed by atoms with Crippen molar-refractivity contribution in [3.63, 3.8) is 0 Å². The molecule has 2 heterocycles. The Balaban J connectivity index is 1.91. The molecule has 0 unspecified atom stereocenters. The Morgan fingerprint density at radius 1 is 1.12 bits per heavy atom. The predicted molar refractivity (Wildman–Crippen MR) is 97.8 cm³/mol. The van der Waals surface area contributed by atoms with Crippen LogP contribution in [0.1, 0.15) is 16.8 Å². The van der Waals surface area contributed by atoms with E-state index >= 15 is 0 Å². The van der Waals surface area contributed by atoms with Crippen LogP contribution in [0.5, 0.6) is 0 Å². The quantitative estimate of drug-likeness (QED) is 0.775. The predicted octanol–water partition coefficient (Wildman–Crippen LogP) is 2.33. The maximum Gasteiger partial charge on any atom is 0.258 e. The van der Waals surface area contributed by atoms with Crippen molar-refractivity contribution in [1.29, 1.82) is 0 Å². The van der Waals surface area contributed by atoms with Gasteiger partial charge in [0.15, 0.2) is 9.84 Å². The van der Waals surface area contributed by atoms with Crippen LogP contribution < -0.4 is 10.9 Å². The zero-order valence-electron chi connectivity index (χ0n) is 14.3. The Morgan fingerprint density at radius 3 is 2.60 bits per heavy atom. The lowest BCUT2D eigenvalue weighted by molar-refractivity contribution is 0.602. The van der Waals surface area contributed by atoms with Crippen LogP contribution in [0.4, 0.5) is 5.69 Å². The van der Waals surface area contributed by atoms with Crippen molar-refractivity contribution in [3.8, 4) is 0 Å². The monoisotopic (exact) mass is 357 g/mol. The maximum atomic E-state index is 12.2. The molecule has 0 bridgehead atoms. The molecule has 2 aromatic heterocycles. The maximum absolute atomic E-state index is 12.2. The van der Waals surface area contributed by atoms with Crippen LogP contribution in [0.15, 0.2) is 52.3 Å². The fourth-order valence-electron chi connectivity index (χ4n) is 2.56. The van der Waals surface area contributed by atoms with Crippen LogP contribution in [0.2, 0.25) is 0 Å². The van der Waals surface area contributed by atoms with Crippen molar-refractivity contribution in [2.75, 3.05) is 11.6 Å². The largest absolute Gasteiger partial charge is 0.379 e. The molecule has 3 rings (SSSR count). The summed E-state index contributed by atoms with van der Waals surface area (Å²) in [5.41, 5.74) is 3.63. The third kappa shape index (κ3) is 3.71. The highest BCUT2D eigenvalue weighted by Gasteiger charge is 2.10. The first-order valence-corrected chi connectivity index (χ1v) is 9.67. The van der Waals surface area contributed by atoms with Gasteiger partial charge < -0.3 is 5.32 Å². The summed E-state index contributed by atoms with van der Waals surface area (Å²) >= 11 is 0. The highest BCUT2D eigenvalue weighted by atomic mass is 32.2. The van der Waals surface area contributed by atoms with Crippen molar-refractivity contribution in [3.05, 3.63) is 69.8 Å². The SMILES string of the molecule is Cc1ccc2nc(CNc3cc(S(C)(=O)=O)ccc3C)cc(=O)n2c1. The van der Waals surface area contributed by atoms with Crippen LogP contribution in [-0.4, -0.2) is 24.1 Å². The lowest BCUT2D eigenvalue weighted by Gasteiger charge is -2.11. The molecular weight excluding hydrogens is 338 g/mol. The smallest absolute Gasteiger partial charge is 0.258 e. The van der Waals surface area contributed by atoms with E-state index in [1.165, 1.54) is 16.7 Å². The second-order valence-corrected chi connectivity index (χ2v) is 8.14. The van der Waals surface area contributed by atoms with Crippen LogP contribution in [0.3, 0.4) is 0 Å². The Morgan fingerprint density at radius 2 is 1.88 bits per heavy atom. The standard InChI is InChI=1S/C18H19N3O3S/c1-12-4-7-17-20-14(8-18(22)21(17)11-12)10-19-16-9-15(25(3,23)24)6-5-13(16)2/h4-9,11,19H,10H2,1-3H3. The van der Waals surface area contributed by atoms with Crippen LogP contribution >= 0.6 is 0 Å². The van der Waals surface area contributed by atoms with E-state index in [4.69, 9.17) is 0 Å². The number of benzene rings is 1. The normalized spacial score (nSPS) is 11.6. The molecule has 0 amide bonds. The number of nitrogens with zero attached hydrogens (tertiary/aromatic N) is 2. The molecule has 1 aromatic carbocycles. The molecule has 3 aromatic rings. The number of hydrogen-bond donors (Lipinski definition) is 1. The first-order chi connectivity index (χ1) is 11.7. The molecule has 1 N–H and O–H groups in total. The molecule has 25 heavy (non-hydrogen) atoms.